The largest absolute Gasteiger partial charge is 0.755 e. The first-order chi connectivity index (χ1) is 45.2. The molecule has 8 aromatic rings. The van der Waals surface area contributed by atoms with Crippen LogP contribution in [0.4, 0.5) is 34.1 Å². The molecule has 8 N–H and O–H groups in total. The summed E-state index contributed by atoms with van der Waals surface area (Å²) in [6, 6.07) is 36.4. The zero-order chi connectivity index (χ0) is 69.5. The lowest BCUT2D eigenvalue weighted by molar-refractivity contribution is 0.0685. The number of ether oxygens (including phenoxy) is 2. The van der Waals surface area contributed by atoms with Gasteiger partial charge in [-0.2, -0.15) is 0 Å². The molecule has 0 aliphatic carbocycles. The molecular formula is C66H80Cl2N6O18S4-4. The minimum atomic E-state index is -2.62. The van der Waals surface area contributed by atoms with E-state index in [0.29, 0.717) is 96.7 Å². The molecule has 2 aromatic heterocycles. The number of carbonyl (C=O) groups is 4. The molecule has 0 saturated carbocycles. The molecule has 8 rings (SSSR count). The molecular weight excluding hydrogens is 1360 g/mol. The Morgan fingerprint density at radius 2 is 0.896 bits per heavy atom. The van der Waals surface area contributed by atoms with Crippen molar-refractivity contribution in [2.24, 2.45) is 0 Å². The molecule has 30 heteroatoms. The van der Waals surface area contributed by atoms with Crippen molar-refractivity contribution in [2.45, 2.75) is 108 Å². The summed E-state index contributed by atoms with van der Waals surface area (Å²) in [5, 5.41) is 25.2. The number of para-hydroxylation sites is 2. The fraction of sp³-hybridized carbons (Fsp3) is 0.273. The zero-order valence-corrected chi connectivity index (χ0v) is 56.7. The van der Waals surface area contributed by atoms with Crippen LogP contribution in [-0.4, -0.2) is 82.9 Å². The highest BCUT2D eigenvalue weighted by atomic mass is 35.5. The number of furan rings is 2. The van der Waals surface area contributed by atoms with Gasteiger partial charge in [-0.15, -0.1) is 0 Å². The predicted molar refractivity (Wildman–Crippen MR) is 379 cm³/mol. The maximum atomic E-state index is 11.3. The van der Waals surface area contributed by atoms with E-state index >= 15 is 0 Å². The van der Waals surface area contributed by atoms with Gasteiger partial charge >= 0.3 is 11.9 Å². The summed E-state index contributed by atoms with van der Waals surface area (Å²) in [5.41, 5.74) is 3.38. The number of carboxylic acid groups (broad SMARTS) is 2. The fourth-order valence-electron chi connectivity index (χ4n) is 8.04. The number of benzene rings is 6. The van der Waals surface area contributed by atoms with Gasteiger partial charge in [-0.25, -0.2) is 9.59 Å². The normalized spacial score (nSPS) is 11.2. The lowest BCUT2D eigenvalue weighted by atomic mass is 10.0. The Morgan fingerprint density at radius 1 is 0.500 bits per heavy atom. The summed E-state index contributed by atoms with van der Waals surface area (Å²) in [4.78, 5) is 44.9. The van der Waals surface area contributed by atoms with E-state index < -0.39 is 57.0 Å². The van der Waals surface area contributed by atoms with Crippen LogP contribution in [0.2, 0.25) is 10.0 Å². The second-order valence-electron chi connectivity index (χ2n) is 18.6. The van der Waals surface area contributed by atoms with Crippen LogP contribution < -0.4 is 39.0 Å². The molecule has 0 aliphatic heterocycles. The van der Waals surface area contributed by atoms with E-state index in [1.54, 1.807) is 73.0 Å². The number of aryl methyl sites for hydroxylation is 4. The Bertz CT molecular complexity index is 3730. The minimum Gasteiger partial charge on any atom is -0.755 e. The number of unbranched alkanes of at least 4 members (excludes halogenated alkanes) is 2. The number of halogens is 2. The number of carbonyl (C=O) groups excluding carboxylic acids is 2. The van der Waals surface area contributed by atoms with Gasteiger partial charge in [0.1, 0.15) is 35.6 Å². The number of hydrogen-bond donors (Lipinski definition) is 8. The van der Waals surface area contributed by atoms with Crippen LogP contribution in [0.1, 0.15) is 146 Å². The van der Waals surface area contributed by atoms with Gasteiger partial charge in [0.2, 0.25) is 0 Å². The Balaban J connectivity index is 0.000000626. The summed E-state index contributed by atoms with van der Waals surface area (Å²) in [6.45, 7) is 13.4. The van der Waals surface area contributed by atoms with Crippen LogP contribution in [0.5, 0.6) is 23.0 Å². The number of aromatic carboxylic acids is 2. The summed E-state index contributed by atoms with van der Waals surface area (Å²) < 4.78 is 118. The first-order valence-electron chi connectivity index (χ1n) is 29.0. The molecule has 0 spiro atoms. The van der Waals surface area contributed by atoms with Crippen molar-refractivity contribution in [3.63, 3.8) is 0 Å². The van der Waals surface area contributed by atoms with Gasteiger partial charge in [0, 0.05) is 82.1 Å². The number of anilines is 6. The predicted octanol–water partition coefficient (Wildman–Crippen LogP) is 16.0. The van der Waals surface area contributed by atoms with E-state index in [4.69, 9.17) is 41.5 Å². The van der Waals surface area contributed by atoms with Crippen LogP contribution in [0.3, 0.4) is 0 Å². The van der Waals surface area contributed by atoms with Crippen molar-refractivity contribution in [1.29, 1.82) is 0 Å². The Hall–Kier alpha value is -8.42. The number of nitrogens with one attached hydrogen (secondary N) is 6. The third-order valence-electron chi connectivity index (χ3n) is 12.2. The lowest BCUT2D eigenvalue weighted by Crippen LogP contribution is -2.10. The third kappa shape index (κ3) is 30.5. The van der Waals surface area contributed by atoms with Gasteiger partial charge in [0.25, 0.3) is 0 Å². The summed E-state index contributed by atoms with van der Waals surface area (Å²) >= 11 is 1.73. The topological polar surface area (TPSA) is 386 Å². The average molecular weight is 1440 g/mol. The quantitative estimate of drug-likeness (QED) is 0.0118. The van der Waals surface area contributed by atoms with Crippen molar-refractivity contribution >= 4 is 127 Å². The van der Waals surface area contributed by atoms with Crippen molar-refractivity contribution < 1.29 is 82.7 Å². The summed E-state index contributed by atoms with van der Waals surface area (Å²) in [6.07, 6.45) is 10.4. The monoisotopic (exact) mass is 1440 g/mol. The molecule has 2 heterocycles. The number of carboxylic acids is 2. The van der Waals surface area contributed by atoms with Crippen LogP contribution >= 0.6 is 23.2 Å². The lowest BCUT2D eigenvalue weighted by Gasteiger charge is -2.19. The average Bonchev–Trinajstić information content (AvgIpc) is 1.25. The molecule has 524 valence electrons. The number of hydrogen-bond acceptors (Lipinski definition) is 18. The van der Waals surface area contributed by atoms with E-state index in [2.05, 4.69) is 36.4 Å². The van der Waals surface area contributed by atoms with Gasteiger partial charge in [0.05, 0.1) is 67.8 Å². The van der Waals surface area contributed by atoms with E-state index in [9.17, 15) is 64.4 Å². The first-order valence-corrected chi connectivity index (χ1v) is 34.1. The Labute approximate surface area is 580 Å². The molecule has 4 atom stereocenters. The molecule has 0 aliphatic rings. The van der Waals surface area contributed by atoms with E-state index in [0.717, 1.165) is 42.8 Å². The van der Waals surface area contributed by atoms with Crippen molar-refractivity contribution in [2.75, 3.05) is 42.6 Å². The Morgan fingerprint density at radius 3 is 1.29 bits per heavy atom. The van der Waals surface area contributed by atoms with Gasteiger partial charge in [-0.3, -0.25) is 26.4 Å². The second kappa shape index (κ2) is 47.5. The standard InChI is InChI=1S/C17H20N2O5S.C17H20N2O4S.C13H12ClNO5S.C13H12ClNO4S.2C2H6.2CH4/c1-2-3-9-18-14-10-12(17(20)21)11-15(19-25(22)23)16(14)24-13-7-5-4-6-8-13;1-2-3-9-18-15-10-13(12-20)11-16(19-24(21)22)17(15)23-14-7-5-4-6-8-14;14-11-6-8(3-4-9-2-1-5-20-9)10(13(16)17)7-12(11)15-21(18)19;14-12-6-9(3-4-11-2-1-5-19-11)10(8-16)7-13(12)15-20(17)18;2*1-2;;/h4-8,10-11,18-19H,2-3,9H2,1H3,(H,20,21)(H,22,23);4-8,10-12,18-19H,2-3,9H2,1H3,(H,21,22);1-2,5-7,15H,3-4H2,(H,16,17)(H,18,19);1-2,5-8,15H,3-4H2,(H,17,18);2*1-2H3;2*1H4/p-4. The third-order valence-corrected chi connectivity index (χ3v) is 14.4. The van der Waals surface area contributed by atoms with Gasteiger partial charge in [0.15, 0.2) is 11.5 Å². The summed E-state index contributed by atoms with van der Waals surface area (Å²) in [5.74, 6) is 0.832. The van der Waals surface area contributed by atoms with Crippen molar-refractivity contribution in [3.8, 4) is 23.0 Å². The van der Waals surface area contributed by atoms with E-state index in [-0.39, 0.29) is 64.5 Å². The smallest absolute Gasteiger partial charge is 0.336 e. The molecule has 0 saturated heterocycles. The summed E-state index contributed by atoms with van der Waals surface area (Å²) in [7, 11) is 0. The molecule has 96 heavy (non-hydrogen) atoms. The molecule has 24 nitrogen and oxygen atoms in total. The maximum absolute atomic E-state index is 11.3. The van der Waals surface area contributed by atoms with Crippen molar-refractivity contribution in [3.05, 3.63) is 201 Å². The van der Waals surface area contributed by atoms with E-state index in [1.807, 2.05) is 65.0 Å². The molecule has 0 fully saturated rings. The highest BCUT2D eigenvalue weighted by Gasteiger charge is 2.19. The molecule has 0 amide bonds. The first kappa shape index (κ1) is 85.6. The zero-order valence-electron chi connectivity index (χ0n) is 51.9. The molecule has 6 aromatic carbocycles. The van der Waals surface area contributed by atoms with E-state index in [1.165, 1.54) is 42.7 Å². The van der Waals surface area contributed by atoms with Gasteiger partial charge in [-0.1, -0.05) is 129 Å². The van der Waals surface area contributed by atoms with Crippen LogP contribution in [0.15, 0.2) is 155 Å². The van der Waals surface area contributed by atoms with Crippen LogP contribution in [-0.2, 0) is 70.7 Å². The van der Waals surface area contributed by atoms with Gasteiger partial charge in [-0.05, 0) is 134 Å². The van der Waals surface area contributed by atoms with Crippen molar-refractivity contribution in [1.82, 2.24) is 0 Å². The molecule has 0 radical (unpaired) electrons. The minimum absolute atomic E-state index is 0. The van der Waals surface area contributed by atoms with Crippen LogP contribution in [0, 0.1) is 0 Å². The van der Waals surface area contributed by atoms with Crippen LogP contribution in [0.25, 0.3) is 0 Å². The van der Waals surface area contributed by atoms with Gasteiger partial charge < -0.3 is 76.3 Å². The highest BCUT2D eigenvalue weighted by Crippen LogP contribution is 2.40. The molecule has 4 unspecified atom stereocenters. The maximum Gasteiger partial charge on any atom is 0.336 e. The number of aldehydes is 2. The number of rotatable bonds is 30. The second-order valence-corrected chi connectivity index (χ2v) is 22.1. The molecule has 0 bridgehead atoms. The fourth-order valence-corrected chi connectivity index (χ4v) is 9.98. The Kier molecular flexibility index (Phi) is 42.3. The highest BCUT2D eigenvalue weighted by molar-refractivity contribution is 7.81. The SMILES string of the molecule is C.C.CC.CC.CCCCNc1cc(C(=O)O)cc(NS(=O)[O-])c1Oc1ccccc1.CCCCNc1cc(C=O)cc(NS(=O)[O-])c1Oc1ccccc1.O=C(O)c1cc(NS(=O)[O-])c(Cl)cc1CCc1ccco1.O=Cc1cc(NS(=O)[O-])c(Cl)cc1CCc1ccco1.